The van der Waals surface area contributed by atoms with Crippen molar-refractivity contribution in [1.29, 1.82) is 0 Å². The fourth-order valence-corrected chi connectivity index (χ4v) is 1.43. The Bertz CT molecular complexity index is 520. The van der Waals surface area contributed by atoms with E-state index >= 15 is 0 Å². The number of methoxy groups -OCH3 is 1. The van der Waals surface area contributed by atoms with Crippen molar-refractivity contribution in [3.8, 4) is 11.4 Å². The topological polar surface area (TPSA) is 69.2 Å². The smallest absolute Gasteiger partial charge is 0.246 e. The summed E-state index contributed by atoms with van der Waals surface area (Å²) in [7, 11) is 5.35. The average Bonchev–Trinajstić information content (AvgIpc) is 2.72. The minimum atomic E-state index is 0.349. The Balaban J connectivity index is 2.45. The van der Waals surface area contributed by atoms with Crippen LogP contribution in [0.15, 0.2) is 24.3 Å². The number of rotatable bonds is 3. The molecular weight excluding hydrogens is 218 g/mol. The molecule has 17 heavy (non-hydrogen) atoms. The number of hydrogen-bond donors (Lipinski definition) is 1. The molecule has 0 aliphatic heterocycles. The zero-order valence-corrected chi connectivity index (χ0v) is 10.1. The van der Waals surface area contributed by atoms with Crippen molar-refractivity contribution >= 4 is 11.9 Å². The highest BCUT2D eigenvalue weighted by atomic mass is 16.5. The summed E-state index contributed by atoms with van der Waals surface area (Å²) in [6.07, 6.45) is 0. The van der Waals surface area contributed by atoms with Crippen LogP contribution < -0.4 is 15.4 Å². The highest BCUT2D eigenvalue weighted by Gasteiger charge is 2.10. The van der Waals surface area contributed by atoms with Crippen molar-refractivity contribution < 1.29 is 4.74 Å². The molecule has 1 heterocycles. The highest BCUT2D eigenvalue weighted by Crippen LogP contribution is 2.19. The molecule has 1 aromatic carbocycles. The fourth-order valence-electron chi connectivity index (χ4n) is 1.43. The van der Waals surface area contributed by atoms with Gasteiger partial charge in [-0.3, -0.25) is 0 Å². The lowest BCUT2D eigenvalue weighted by molar-refractivity contribution is 0.414. The number of nitrogens with two attached hydrogens (primary N) is 1. The summed E-state index contributed by atoms with van der Waals surface area (Å²) in [4.78, 5) is 5.96. The standard InChI is InChI=1S/C11H15N5O/c1-15(2)11-13-10(12)16(14-11)8-5-4-6-9(7-8)17-3/h4-7H,1-3H3,(H2,12,13,14). The Hall–Kier alpha value is -2.24. The molecule has 0 unspecified atom stereocenters. The molecule has 0 saturated heterocycles. The van der Waals surface area contributed by atoms with Gasteiger partial charge in [0, 0.05) is 20.2 Å². The zero-order chi connectivity index (χ0) is 12.4. The second-order valence-corrected chi connectivity index (χ2v) is 3.78. The van der Waals surface area contributed by atoms with E-state index in [1.54, 1.807) is 16.7 Å². The van der Waals surface area contributed by atoms with Gasteiger partial charge < -0.3 is 15.4 Å². The summed E-state index contributed by atoms with van der Waals surface area (Å²) in [5, 5.41) is 4.31. The van der Waals surface area contributed by atoms with E-state index in [1.807, 2.05) is 38.4 Å². The molecule has 0 bridgehead atoms. The van der Waals surface area contributed by atoms with Crippen molar-refractivity contribution in [1.82, 2.24) is 14.8 Å². The Morgan fingerprint density at radius 2 is 2.12 bits per heavy atom. The molecule has 6 nitrogen and oxygen atoms in total. The van der Waals surface area contributed by atoms with Gasteiger partial charge in [0.2, 0.25) is 11.9 Å². The van der Waals surface area contributed by atoms with Gasteiger partial charge in [-0.1, -0.05) is 6.07 Å². The number of benzene rings is 1. The molecule has 1 aromatic heterocycles. The average molecular weight is 233 g/mol. The van der Waals surface area contributed by atoms with Crippen molar-refractivity contribution in [2.75, 3.05) is 31.8 Å². The lowest BCUT2D eigenvalue weighted by Crippen LogP contribution is -2.10. The Morgan fingerprint density at radius 3 is 2.71 bits per heavy atom. The van der Waals surface area contributed by atoms with Crippen LogP contribution in [0.4, 0.5) is 11.9 Å². The largest absolute Gasteiger partial charge is 0.497 e. The van der Waals surface area contributed by atoms with Gasteiger partial charge in [-0.15, -0.1) is 5.10 Å². The first kappa shape index (κ1) is 11.3. The van der Waals surface area contributed by atoms with Crippen LogP contribution in [0.3, 0.4) is 0 Å². The summed E-state index contributed by atoms with van der Waals surface area (Å²) in [5.74, 6) is 1.68. The fraction of sp³-hybridized carbons (Fsp3) is 0.273. The molecule has 0 saturated carbocycles. The molecule has 0 fully saturated rings. The van der Waals surface area contributed by atoms with Crippen molar-refractivity contribution in [3.63, 3.8) is 0 Å². The number of aromatic nitrogens is 3. The van der Waals surface area contributed by atoms with Gasteiger partial charge in [0.05, 0.1) is 12.8 Å². The van der Waals surface area contributed by atoms with Crippen LogP contribution in [-0.2, 0) is 0 Å². The first-order chi connectivity index (χ1) is 8.11. The summed E-state index contributed by atoms with van der Waals surface area (Å²) in [6, 6.07) is 7.49. The van der Waals surface area contributed by atoms with Gasteiger partial charge in [-0.2, -0.15) is 9.67 Å². The van der Waals surface area contributed by atoms with Gasteiger partial charge in [0.1, 0.15) is 5.75 Å². The minimum absolute atomic E-state index is 0.349. The predicted molar refractivity (Wildman–Crippen MR) is 66.7 cm³/mol. The number of nitrogen functional groups attached to an aromatic ring is 1. The van der Waals surface area contributed by atoms with Gasteiger partial charge in [0.25, 0.3) is 0 Å². The van der Waals surface area contributed by atoms with E-state index in [9.17, 15) is 0 Å². The molecule has 0 aliphatic rings. The Labute approximate surface area is 99.6 Å². The third-order valence-corrected chi connectivity index (χ3v) is 2.32. The maximum Gasteiger partial charge on any atom is 0.246 e. The third kappa shape index (κ3) is 2.15. The van der Waals surface area contributed by atoms with Crippen LogP contribution in [0.2, 0.25) is 0 Å². The summed E-state index contributed by atoms with van der Waals surface area (Å²) in [6.45, 7) is 0. The van der Waals surface area contributed by atoms with Crippen LogP contribution in [-0.4, -0.2) is 36.0 Å². The zero-order valence-electron chi connectivity index (χ0n) is 10.1. The highest BCUT2D eigenvalue weighted by molar-refractivity contribution is 5.45. The van der Waals surface area contributed by atoms with Crippen molar-refractivity contribution in [3.05, 3.63) is 24.3 Å². The Morgan fingerprint density at radius 1 is 1.35 bits per heavy atom. The second kappa shape index (κ2) is 4.32. The van der Waals surface area contributed by atoms with E-state index in [2.05, 4.69) is 10.1 Å². The van der Waals surface area contributed by atoms with Crippen LogP contribution in [0.5, 0.6) is 5.75 Å². The van der Waals surface area contributed by atoms with Gasteiger partial charge in [-0.25, -0.2) is 0 Å². The van der Waals surface area contributed by atoms with Gasteiger partial charge in [-0.05, 0) is 12.1 Å². The normalized spacial score (nSPS) is 10.3. The van der Waals surface area contributed by atoms with Crippen molar-refractivity contribution in [2.45, 2.75) is 0 Å². The molecule has 6 heteroatoms. The van der Waals surface area contributed by atoms with Crippen LogP contribution in [0.1, 0.15) is 0 Å². The van der Waals surface area contributed by atoms with E-state index in [1.165, 1.54) is 0 Å². The molecule has 0 atom stereocenters. The third-order valence-electron chi connectivity index (χ3n) is 2.32. The maximum atomic E-state index is 5.82. The molecular formula is C11H15N5O. The number of anilines is 2. The molecule has 90 valence electrons. The van der Waals surface area contributed by atoms with E-state index in [4.69, 9.17) is 10.5 Å². The van der Waals surface area contributed by atoms with E-state index in [0.29, 0.717) is 11.9 Å². The molecule has 0 spiro atoms. The SMILES string of the molecule is COc1cccc(-n2nc(N(C)C)nc2N)c1. The van der Waals surface area contributed by atoms with Gasteiger partial charge in [0.15, 0.2) is 0 Å². The molecule has 0 amide bonds. The summed E-state index contributed by atoms with van der Waals surface area (Å²) < 4.78 is 6.74. The molecule has 2 N–H and O–H groups in total. The molecule has 2 rings (SSSR count). The van der Waals surface area contributed by atoms with E-state index < -0.39 is 0 Å². The summed E-state index contributed by atoms with van der Waals surface area (Å²) in [5.41, 5.74) is 6.65. The van der Waals surface area contributed by atoms with E-state index in [-0.39, 0.29) is 0 Å². The molecule has 2 aromatic rings. The monoisotopic (exact) mass is 233 g/mol. The first-order valence-electron chi connectivity index (χ1n) is 5.16. The summed E-state index contributed by atoms with van der Waals surface area (Å²) >= 11 is 0. The Kier molecular flexibility index (Phi) is 2.86. The number of nitrogens with zero attached hydrogens (tertiary/aromatic N) is 4. The number of ether oxygens (including phenoxy) is 1. The quantitative estimate of drug-likeness (QED) is 0.853. The second-order valence-electron chi connectivity index (χ2n) is 3.78. The maximum absolute atomic E-state index is 5.82. The number of hydrogen-bond acceptors (Lipinski definition) is 5. The van der Waals surface area contributed by atoms with Crippen LogP contribution in [0.25, 0.3) is 5.69 Å². The van der Waals surface area contributed by atoms with Gasteiger partial charge >= 0.3 is 0 Å². The lowest BCUT2D eigenvalue weighted by Gasteiger charge is -2.06. The van der Waals surface area contributed by atoms with E-state index in [0.717, 1.165) is 11.4 Å². The van der Waals surface area contributed by atoms with Crippen molar-refractivity contribution in [2.24, 2.45) is 0 Å². The molecule has 0 radical (unpaired) electrons. The van der Waals surface area contributed by atoms with Crippen LogP contribution in [0, 0.1) is 0 Å². The first-order valence-corrected chi connectivity index (χ1v) is 5.16. The predicted octanol–water partition coefficient (Wildman–Crippen LogP) is 0.924. The lowest BCUT2D eigenvalue weighted by atomic mass is 10.3. The van der Waals surface area contributed by atoms with Crippen LogP contribution >= 0.6 is 0 Å². The molecule has 0 aliphatic carbocycles. The minimum Gasteiger partial charge on any atom is -0.497 e.